The quantitative estimate of drug-likeness (QED) is 0.900. The number of aromatic nitrogens is 1. The van der Waals surface area contributed by atoms with Crippen LogP contribution in [0.4, 0.5) is 5.82 Å². The first-order chi connectivity index (χ1) is 8.20. The summed E-state index contributed by atoms with van der Waals surface area (Å²) in [6.45, 7) is 3.97. The summed E-state index contributed by atoms with van der Waals surface area (Å²) >= 11 is 5.67. The highest BCUT2D eigenvalue weighted by Gasteiger charge is 2.05. The molecule has 1 heterocycles. The zero-order valence-corrected chi connectivity index (χ0v) is 9.83. The Bertz CT molecular complexity index is 614. The van der Waals surface area contributed by atoms with E-state index < -0.39 is 0 Å². The molecule has 0 saturated heterocycles. The fraction of sp³-hybridized carbons (Fsp3) is 0.0769. The maximum absolute atomic E-state index is 9.06. The fourth-order valence-corrected chi connectivity index (χ4v) is 1.58. The largest absolute Gasteiger partial charge is 0.364 e. The molecule has 2 rings (SSSR count). The summed E-state index contributed by atoms with van der Waals surface area (Å²) < 4.78 is 0. The van der Waals surface area contributed by atoms with Crippen LogP contribution < -0.4 is 5.32 Å². The number of para-hydroxylation sites is 1. The number of benzene rings is 1. The minimum atomic E-state index is 0.390. The summed E-state index contributed by atoms with van der Waals surface area (Å²) in [6.07, 6.45) is 0. The lowest BCUT2D eigenvalue weighted by atomic mass is 10.1. The van der Waals surface area contributed by atoms with E-state index in [2.05, 4.69) is 22.9 Å². The van der Waals surface area contributed by atoms with E-state index in [1.807, 2.05) is 30.3 Å². The molecule has 0 radical (unpaired) electrons. The van der Waals surface area contributed by atoms with Gasteiger partial charge in [0.25, 0.3) is 0 Å². The highest BCUT2D eigenvalue weighted by Crippen LogP contribution is 2.19. The molecule has 1 aromatic heterocycles. The Morgan fingerprint density at radius 2 is 2.24 bits per heavy atom. The van der Waals surface area contributed by atoms with E-state index in [4.69, 9.17) is 16.9 Å². The Hall–Kier alpha value is -2.05. The lowest BCUT2D eigenvalue weighted by Crippen LogP contribution is -2.05. The molecule has 0 atom stereocenters. The molecule has 0 amide bonds. The summed E-state index contributed by atoms with van der Waals surface area (Å²) in [6, 6.07) is 11.6. The van der Waals surface area contributed by atoms with Crippen molar-refractivity contribution in [2.45, 2.75) is 0 Å². The molecular formula is C13H10ClN3. The van der Waals surface area contributed by atoms with Gasteiger partial charge in [0.2, 0.25) is 0 Å². The maximum atomic E-state index is 9.06. The summed E-state index contributed by atoms with van der Waals surface area (Å²) in [5.74, 6) is 0.535. The number of pyridine rings is 1. The lowest BCUT2D eigenvalue weighted by molar-refractivity contribution is 1.23. The molecule has 1 N–H and O–H groups in total. The molecule has 84 valence electrons. The number of hydrogen-bond acceptors (Lipinski definition) is 3. The second-order valence-corrected chi connectivity index (χ2v) is 4.09. The van der Waals surface area contributed by atoms with Crippen LogP contribution in [-0.4, -0.2) is 11.5 Å². The molecule has 0 bridgehead atoms. The van der Waals surface area contributed by atoms with Crippen LogP contribution in [0.25, 0.3) is 10.9 Å². The number of nitrogens with one attached hydrogen (secondary N) is 1. The molecule has 2 aromatic rings. The number of anilines is 1. The standard InChI is InChI=1S/C13H10ClN3/c1-9(14)8-16-13-11(7-15)6-10-4-2-3-5-12(10)17-13/h2-6H,1,8H2,(H,16,17). The monoisotopic (exact) mass is 243 g/mol. The van der Waals surface area contributed by atoms with Crippen molar-refractivity contribution < 1.29 is 0 Å². The molecule has 1 aromatic carbocycles. The Kier molecular flexibility index (Phi) is 3.27. The average Bonchev–Trinajstić information content (AvgIpc) is 2.35. The van der Waals surface area contributed by atoms with Gasteiger partial charge in [-0.15, -0.1) is 0 Å². The molecule has 0 spiro atoms. The minimum absolute atomic E-state index is 0.390. The van der Waals surface area contributed by atoms with Gasteiger partial charge in [-0.3, -0.25) is 0 Å². The third kappa shape index (κ3) is 2.55. The second-order valence-electron chi connectivity index (χ2n) is 3.56. The number of fused-ring (bicyclic) bond motifs is 1. The fourth-order valence-electron chi connectivity index (χ4n) is 1.52. The van der Waals surface area contributed by atoms with Crippen molar-refractivity contribution in [3.05, 3.63) is 47.5 Å². The van der Waals surface area contributed by atoms with E-state index in [-0.39, 0.29) is 0 Å². The lowest BCUT2D eigenvalue weighted by Gasteiger charge is -2.07. The predicted molar refractivity (Wildman–Crippen MR) is 69.9 cm³/mol. The van der Waals surface area contributed by atoms with Crippen molar-refractivity contribution in [3.63, 3.8) is 0 Å². The summed E-state index contributed by atoms with van der Waals surface area (Å²) in [5.41, 5.74) is 1.34. The van der Waals surface area contributed by atoms with Gasteiger partial charge in [-0.1, -0.05) is 36.4 Å². The third-order valence-corrected chi connectivity index (χ3v) is 2.43. The first-order valence-electron chi connectivity index (χ1n) is 5.08. The van der Waals surface area contributed by atoms with Crippen LogP contribution in [0.2, 0.25) is 0 Å². The second kappa shape index (κ2) is 4.86. The maximum Gasteiger partial charge on any atom is 0.144 e. The zero-order chi connectivity index (χ0) is 12.3. The Morgan fingerprint density at radius 3 is 2.94 bits per heavy atom. The zero-order valence-electron chi connectivity index (χ0n) is 9.07. The average molecular weight is 244 g/mol. The van der Waals surface area contributed by atoms with Crippen LogP contribution in [0.15, 0.2) is 41.9 Å². The summed E-state index contributed by atoms with van der Waals surface area (Å²) in [7, 11) is 0. The third-order valence-electron chi connectivity index (χ3n) is 2.29. The summed E-state index contributed by atoms with van der Waals surface area (Å²) in [5, 5.41) is 13.5. The summed E-state index contributed by atoms with van der Waals surface area (Å²) in [4.78, 5) is 4.38. The van der Waals surface area contributed by atoms with Gasteiger partial charge in [0.1, 0.15) is 11.9 Å². The number of hydrogen-bond donors (Lipinski definition) is 1. The van der Waals surface area contributed by atoms with Gasteiger partial charge in [0, 0.05) is 10.4 Å². The minimum Gasteiger partial charge on any atom is -0.364 e. The molecule has 0 aliphatic carbocycles. The molecule has 3 nitrogen and oxygen atoms in total. The highest BCUT2D eigenvalue weighted by molar-refractivity contribution is 6.29. The van der Waals surface area contributed by atoms with Crippen LogP contribution in [-0.2, 0) is 0 Å². The van der Waals surface area contributed by atoms with Gasteiger partial charge in [-0.05, 0) is 12.1 Å². The predicted octanol–water partition coefficient (Wildman–Crippen LogP) is 3.27. The van der Waals surface area contributed by atoms with Crippen molar-refractivity contribution in [2.75, 3.05) is 11.9 Å². The normalized spacial score (nSPS) is 9.88. The van der Waals surface area contributed by atoms with E-state index in [0.29, 0.717) is 23.0 Å². The molecule has 17 heavy (non-hydrogen) atoms. The van der Waals surface area contributed by atoms with E-state index in [1.54, 1.807) is 0 Å². The van der Waals surface area contributed by atoms with Gasteiger partial charge in [-0.25, -0.2) is 4.98 Å². The van der Waals surface area contributed by atoms with Gasteiger partial charge < -0.3 is 5.32 Å². The molecule has 0 aliphatic heterocycles. The van der Waals surface area contributed by atoms with Crippen molar-refractivity contribution in [1.82, 2.24) is 4.98 Å². The van der Waals surface area contributed by atoms with Crippen molar-refractivity contribution >= 4 is 28.3 Å². The van der Waals surface area contributed by atoms with E-state index in [1.165, 1.54) is 0 Å². The van der Waals surface area contributed by atoms with Gasteiger partial charge in [0.15, 0.2) is 0 Å². The number of halogens is 1. The number of nitrogens with zero attached hydrogens (tertiary/aromatic N) is 2. The van der Waals surface area contributed by atoms with Crippen molar-refractivity contribution in [1.29, 1.82) is 5.26 Å². The first kappa shape index (κ1) is 11.4. The van der Waals surface area contributed by atoms with Gasteiger partial charge in [-0.2, -0.15) is 5.26 Å². The van der Waals surface area contributed by atoms with Gasteiger partial charge >= 0.3 is 0 Å². The molecule has 0 fully saturated rings. The number of nitriles is 1. The van der Waals surface area contributed by atoms with Crippen LogP contribution in [0.3, 0.4) is 0 Å². The van der Waals surface area contributed by atoms with Crippen LogP contribution in [0, 0.1) is 11.3 Å². The van der Waals surface area contributed by atoms with Crippen LogP contribution in [0.1, 0.15) is 5.56 Å². The van der Waals surface area contributed by atoms with E-state index >= 15 is 0 Å². The Balaban J connectivity index is 2.46. The Morgan fingerprint density at radius 1 is 1.47 bits per heavy atom. The molecule has 0 aliphatic rings. The number of rotatable bonds is 3. The van der Waals surface area contributed by atoms with Crippen molar-refractivity contribution in [3.8, 4) is 6.07 Å². The van der Waals surface area contributed by atoms with E-state index in [9.17, 15) is 0 Å². The Labute approximate surface area is 104 Å². The molecule has 0 unspecified atom stereocenters. The first-order valence-corrected chi connectivity index (χ1v) is 5.45. The SMILES string of the molecule is C=C(Cl)CNc1nc2ccccc2cc1C#N. The smallest absolute Gasteiger partial charge is 0.144 e. The van der Waals surface area contributed by atoms with Gasteiger partial charge in [0.05, 0.1) is 17.6 Å². The van der Waals surface area contributed by atoms with Crippen molar-refractivity contribution in [2.24, 2.45) is 0 Å². The topological polar surface area (TPSA) is 48.7 Å². The highest BCUT2D eigenvalue weighted by atomic mass is 35.5. The van der Waals surface area contributed by atoms with Crippen LogP contribution in [0.5, 0.6) is 0 Å². The van der Waals surface area contributed by atoms with Crippen LogP contribution >= 0.6 is 11.6 Å². The van der Waals surface area contributed by atoms with E-state index in [0.717, 1.165) is 10.9 Å². The molecule has 0 saturated carbocycles. The molecular weight excluding hydrogens is 234 g/mol. The molecule has 4 heteroatoms.